The van der Waals surface area contributed by atoms with Gasteiger partial charge in [-0.2, -0.15) is 5.26 Å². The molecule has 1 aliphatic rings. The van der Waals surface area contributed by atoms with Crippen LogP contribution in [-0.4, -0.2) is 17.9 Å². The first-order chi connectivity index (χ1) is 9.11. The molecule has 1 aromatic carbocycles. The minimum Gasteiger partial charge on any atom is -0.302 e. The maximum Gasteiger partial charge on any atom is 0.243 e. The molecule has 19 heavy (non-hydrogen) atoms. The number of hydrogen-bond donors (Lipinski definition) is 2. The number of carbonyl (C=O) groups is 2. The molecule has 0 radical (unpaired) electrons. The average Bonchev–Trinajstić information content (AvgIpc) is 2.39. The third-order valence-corrected chi connectivity index (χ3v) is 2.98. The number of piperidine rings is 1. The van der Waals surface area contributed by atoms with Gasteiger partial charge in [0.25, 0.3) is 0 Å². The fourth-order valence-electron chi connectivity index (χ4n) is 1.92. The quantitative estimate of drug-likeness (QED) is 0.780. The zero-order valence-corrected chi connectivity index (χ0v) is 10.1. The monoisotopic (exact) mass is 261 g/mol. The van der Waals surface area contributed by atoms with Gasteiger partial charge < -0.3 is 5.32 Å². The first-order valence-electron chi connectivity index (χ1n) is 5.86. The van der Waals surface area contributed by atoms with E-state index >= 15 is 0 Å². The van der Waals surface area contributed by atoms with Gasteiger partial charge in [-0.1, -0.05) is 12.1 Å². The molecule has 1 unspecified atom stereocenters. The second kappa shape index (κ2) is 5.59. The Morgan fingerprint density at radius 3 is 2.95 bits per heavy atom. The summed E-state index contributed by atoms with van der Waals surface area (Å²) in [4.78, 5) is 22.5. The summed E-state index contributed by atoms with van der Waals surface area (Å²) in [5, 5.41) is 13.8. The molecule has 98 valence electrons. The predicted molar refractivity (Wildman–Crippen MR) is 64.1 cm³/mol. The molecule has 2 rings (SSSR count). The maximum atomic E-state index is 13.8. The SMILES string of the molecule is N#Cc1cccc(CNC2CCC(=O)NC2=O)c1F. The van der Waals surface area contributed by atoms with Crippen molar-refractivity contribution in [2.45, 2.75) is 25.4 Å². The van der Waals surface area contributed by atoms with Crippen molar-refractivity contribution in [1.29, 1.82) is 5.26 Å². The lowest BCUT2D eigenvalue weighted by molar-refractivity contribution is -0.134. The molecule has 0 saturated carbocycles. The molecule has 1 heterocycles. The molecule has 1 aliphatic heterocycles. The molecule has 2 N–H and O–H groups in total. The smallest absolute Gasteiger partial charge is 0.243 e. The molecule has 0 aromatic heterocycles. The first kappa shape index (κ1) is 13.2. The highest BCUT2D eigenvalue weighted by Crippen LogP contribution is 2.13. The van der Waals surface area contributed by atoms with Gasteiger partial charge in [-0.15, -0.1) is 0 Å². The highest BCUT2D eigenvalue weighted by Gasteiger charge is 2.26. The van der Waals surface area contributed by atoms with Gasteiger partial charge in [-0.3, -0.25) is 14.9 Å². The number of hydrogen-bond acceptors (Lipinski definition) is 4. The Kier molecular flexibility index (Phi) is 3.88. The van der Waals surface area contributed by atoms with Crippen LogP contribution < -0.4 is 10.6 Å². The number of imide groups is 1. The Labute approximate surface area is 109 Å². The van der Waals surface area contributed by atoms with Gasteiger partial charge in [0, 0.05) is 18.5 Å². The lowest BCUT2D eigenvalue weighted by Gasteiger charge is -2.22. The van der Waals surface area contributed by atoms with E-state index in [1.165, 1.54) is 6.07 Å². The summed E-state index contributed by atoms with van der Waals surface area (Å²) in [6, 6.07) is 5.78. The molecule has 0 aliphatic carbocycles. The molecule has 1 atom stereocenters. The van der Waals surface area contributed by atoms with Gasteiger partial charge in [0.2, 0.25) is 11.8 Å². The minimum atomic E-state index is -0.579. The largest absolute Gasteiger partial charge is 0.302 e. The van der Waals surface area contributed by atoms with E-state index < -0.39 is 17.8 Å². The van der Waals surface area contributed by atoms with Gasteiger partial charge in [0.1, 0.15) is 11.9 Å². The normalized spacial score (nSPS) is 18.8. The van der Waals surface area contributed by atoms with Crippen molar-refractivity contribution in [3.63, 3.8) is 0 Å². The highest BCUT2D eigenvalue weighted by molar-refractivity contribution is 6.00. The molecule has 5 nitrogen and oxygen atoms in total. The fraction of sp³-hybridized carbons (Fsp3) is 0.308. The number of carbonyl (C=O) groups excluding carboxylic acids is 2. The molecule has 0 spiro atoms. The van der Waals surface area contributed by atoms with E-state index in [2.05, 4.69) is 10.6 Å². The fourth-order valence-corrected chi connectivity index (χ4v) is 1.92. The second-order valence-electron chi connectivity index (χ2n) is 4.28. The van der Waals surface area contributed by atoms with Crippen LogP contribution in [0.1, 0.15) is 24.0 Å². The maximum absolute atomic E-state index is 13.8. The van der Waals surface area contributed by atoms with E-state index in [1.807, 2.05) is 0 Å². The van der Waals surface area contributed by atoms with Crippen LogP contribution in [0.2, 0.25) is 0 Å². The van der Waals surface area contributed by atoms with Crippen LogP contribution in [0, 0.1) is 17.1 Å². The van der Waals surface area contributed by atoms with Crippen LogP contribution in [0.5, 0.6) is 0 Å². The molecule has 0 bridgehead atoms. The second-order valence-corrected chi connectivity index (χ2v) is 4.28. The van der Waals surface area contributed by atoms with E-state index in [9.17, 15) is 14.0 Å². The average molecular weight is 261 g/mol. The number of amides is 2. The molecule has 1 fully saturated rings. The van der Waals surface area contributed by atoms with Crippen molar-refractivity contribution in [3.8, 4) is 6.07 Å². The van der Waals surface area contributed by atoms with Gasteiger partial charge in [0.05, 0.1) is 11.6 Å². The molecule has 1 saturated heterocycles. The third kappa shape index (κ3) is 2.95. The predicted octanol–water partition coefficient (Wildman–Crippen LogP) is 0.592. The van der Waals surface area contributed by atoms with E-state index in [0.29, 0.717) is 12.0 Å². The van der Waals surface area contributed by atoms with Gasteiger partial charge in [-0.25, -0.2) is 4.39 Å². The number of benzene rings is 1. The van der Waals surface area contributed by atoms with Crippen LogP contribution in [0.15, 0.2) is 18.2 Å². The lowest BCUT2D eigenvalue weighted by Crippen LogP contribution is -2.50. The minimum absolute atomic E-state index is 0.0254. The molecule has 1 aromatic rings. The van der Waals surface area contributed by atoms with Gasteiger partial charge in [0.15, 0.2) is 0 Å². The van der Waals surface area contributed by atoms with Crippen LogP contribution in [-0.2, 0) is 16.1 Å². The van der Waals surface area contributed by atoms with Crippen molar-refractivity contribution >= 4 is 11.8 Å². The van der Waals surface area contributed by atoms with Gasteiger partial charge in [-0.05, 0) is 12.5 Å². The van der Waals surface area contributed by atoms with E-state index in [0.717, 1.165) is 0 Å². The molecular weight excluding hydrogens is 249 g/mol. The Morgan fingerprint density at radius 2 is 2.26 bits per heavy atom. The summed E-state index contributed by atoms with van der Waals surface area (Å²) in [5.74, 6) is -1.27. The van der Waals surface area contributed by atoms with Crippen molar-refractivity contribution in [1.82, 2.24) is 10.6 Å². The Balaban J connectivity index is 2.02. The number of nitrogens with one attached hydrogen (secondary N) is 2. The summed E-state index contributed by atoms with van der Waals surface area (Å²) in [7, 11) is 0. The zero-order chi connectivity index (χ0) is 13.8. The highest BCUT2D eigenvalue weighted by atomic mass is 19.1. The van der Waals surface area contributed by atoms with E-state index in [4.69, 9.17) is 5.26 Å². The number of nitrogens with zero attached hydrogens (tertiary/aromatic N) is 1. The summed E-state index contributed by atoms with van der Waals surface area (Å²) in [6.07, 6.45) is 0.661. The van der Waals surface area contributed by atoms with E-state index in [1.54, 1.807) is 18.2 Å². The van der Waals surface area contributed by atoms with Gasteiger partial charge >= 0.3 is 0 Å². The summed E-state index contributed by atoms with van der Waals surface area (Å²) in [6.45, 7) is 0.133. The summed E-state index contributed by atoms with van der Waals surface area (Å²) in [5.41, 5.74) is 0.298. The lowest BCUT2D eigenvalue weighted by atomic mass is 10.1. The van der Waals surface area contributed by atoms with Crippen molar-refractivity contribution in [2.75, 3.05) is 0 Å². The van der Waals surface area contributed by atoms with Crippen LogP contribution in [0.25, 0.3) is 0 Å². The number of rotatable bonds is 3. The van der Waals surface area contributed by atoms with Crippen LogP contribution in [0.3, 0.4) is 0 Å². The Morgan fingerprint density at radius 1 is 1.47 bits per heavy atom. The van der Waals surface area contributed by atoms with Crippen molar-refractivity contribution in [2.24, 2.45) is 0 Å². The Hall–Kier alpha value is -2.26. The summed E-state index contributed by atoms with van der Waals surface area (Å²) < 4.78 is 13.8. The molecule has 2 amide bonds. The number of halogens is 1. The summed E-state index contributed by atoms with van der Waals surface area (Å²) >= 11 is 0. The topological polar surface area (TPSA) is 82.0 Å². The Bertz CT molecular complexity index is 565. The van der Waals surface area contributed by atoms with Crippen LogP contribution in [0.4, 0.5) is 4.39 Å². The van der Waals surface area contributed by atoms with E-state index in [-0.39, 0.29) is 24.4 Å². The van der Waals surface area contributed by atoms with Crippen molar-refractivity contribution < 1.29 is 14.0 Å². The molecular formula is C13H12FN3O2. The third-order valence-electron chi connectivity index (χ3n) is 2.98. The molecule has 6 heteroatoms. The van der Waals surface area contributed by atoms with Crippen LogP contribution >= 0.6 is 0 Å². The standard InChI is InChI=1S/C13H12FN3O2/c14-12-8(6-15)2-1-3-9(12)7-16-10-4-5-11(18)17-13(10)19/h1-3,10,16H,4-5,7H2,(H,17,18,19). The van der Waals surface area contributed by atoms with Crippen molar-refractivity contribution in [3.05, 3.63) is 35.1 Å². The zero-order valence-electron chi connectivity index (χ0n) is 10.1. The number of nitriles is 1. The first-order valence-corrected chi connectivity index (χ1v) is 5.86.